The average Bonchev–Trinajstić information content (AvgIpc) is 2.67. The number of aryl methyl sites for hydroxylation is 2. The lowest BCUT2D eigenvalue weighted by Crippen LogP contribution is -2.07. The summed E-state index contributed by atoms with van der Waals surface area (Å²) >= 11 is 4.98. The Morgan fingerprint density at radius 2 is 1.36 bits per heavy atom. The Labute approximate surface area is 174 Å². The molecule has 3 rings (SSSR count). The molecule has 0 aromatic heterocycles. The van der Waals surface area contributed by atoms with Crippen LogP contribution in [0.15, 0.2) is 88.0 Å². The van der Waals surface area contributed by atoms with Gasteiger partial charge in [-0.25, -0.2) is 8.42 Å². The molecule has 1 atom stereocenters. The maximum atomic E-state index is 12.8. The highest BCUT2D eigenvalue weighted by Crippen LogP contribution is 2.30. The first-order valence-corrected chi connectivity index (χ1v) is 11.7. The molecule has 0 aliphatic rings. The molecule has 144 valence electrons. The predicted molar refractivity (Wildman–Crippen MR) is 119 cm³/mol. The van der Waals surface area contributed by atoms with Crippen LogP contribution in [0.25, 0.3) is 10.2 Å². The molecule has 3 aromatic rings. The van der Waals surface area contributed by atoms with Gasteiger partial charge < -0.3 is 4.13 Å². The first kappa shape index (κ1) is 20.7. The Balaban J connectivity index is 1.92. The molecule has 3 aromatic carbocycles. The van der Waals surface area contributed by atoms with Crippen molar-refractivity contribution in [1.82, 2.24) is 0 Å². The van der Waals surface area contributed by atoms with E-state index in [2.05, 4.69) is 4.13 Å². The van der Waals surface area contributed by atoms with Gasteiger partial charge in [-0.3, -0.25) is 0 Å². The van der Waals surface area contributed by atoms with E-state index >= 15 is 0 Å². The Hall–Kier alpha value is -2.05. The number of hydrogen-bond acceptors (Lipinski definition) is 2. The van der Waals surface area contributed by atoms with E-state index in [4.69, 9.17) is 11.6 Å². The van der Waals surface area contributed by atoms with E-state index in [1.54, 1.807) is 36.4 Å². The number of sulfonamides is 1. The molecule has 0 aliphatic carbocycles. The molecule has 28 heavy (non-hydrogen) atoms. The SMILES string of the molecule is Cc1ccc([S+](/C=C/c2ccc(Cl)cc2)[N-]S(=O)(=O)c2ccc(C)cc2)cc1. The standard InChI is InChI=1S/C22H20ClNO2S2/c1-17-3-11-21(12-4-17)27(16-15-19-7-9-20(23)10-8-19)24-28(25,26)22-13-5-18(2)6-14-22/h3-16H,1-2H3/b16-15+. The van der Waals surface area contributed by atoms with Crippen molar-refractivity contribution in [2.24, 2.45) is 0 Å². The van der Waals surface area contributed by atoms with Crippen molar-refractivity contribution in [2.45, 2.75) is 23.6 Å². The molecule has 0 bridgehead atoms. The van der Waals surface area contributed by atoms with Gasteiger partial charge in [-0.05, 0) is 73.0 Å². The summed E-state index contributed by atoms with van der Waals surface area (Å²) in [5.41, 5.74) is 3.03. The van der Waals surface area contributed by atoms with E-state index in [-0.39, 0.29) is 4.90 Å². The molecule has 0 heterocycles. The molecule has 3 nitrogen and oxygen atoms in total. The summed E-state index contributed by atoms with van der Waals surface area (Å²) in [6, 6.07) is 21.8. The van der Waals surface area contributed by atoms with E-state index in [9.17, 15) is 8.42 Å². The molecule has 0 amide bonds. The van der Waals surface area contributed by atoms with Crippen LogP contribution in [0.4, 0.5) is 0 Å². The Morgan fingerprint density at radius 3 is 1.93 bits per heavy atom. The van der Waals surface area contributed by atoms with Crippen LogP contribution in [0.3, 0.4) is 0 Å². The fraction of sp³-hybridized carbons (Fsp3) is 0.0909. The zero-order chi connectivity index (χ0) is 20.1. The minimum Gasteiger partial charge on any atom is -0.302 e. The minimum atomic E-state index is -3.78. The molecule has 0 spiro atoms. The van der Waals surface area contributed by atoms with Crippen LogP contribution in [0.1, 0.15) is 16.7 Å². The topological polar surface area (TPSA) is 48.2 Å². The van der Waals surface area contributed by atoms with Gasteiger partial charge >= 0.3 is 0 Å². The molecule has 0 aliphatic heterocycles. The lowest BCUT2D eigenvalue weighted by Gasteiger charge is -2.19. The first-order valence-electron chi connectivity index (χ1n) is 8.62. The summed E-state index contributed by atoms with van der Waals surface area (Å²) < 4.78 is 29.9. The zero-order valence-electron chi connectivity index (χ0n) is 15.5. The summed E-state index contributed by atoms with van der Waals surface area (Å²) in [5.74, 6) is 0. The van der Waals surface area contributed by atoms with Crippen molar-refractivity contribution in [3.8, 4) is 0 Å². The molecule has 0 N–H and O–H groups in total. The van der Waals surface area contributed by atoms with Gasteiger partial charge in [-0.15, -0.1) is 0 Å². The highest BCUT2D eigenvalue weighted by molar-refractivity contribution is 8.16. The van der Waals surface area contributed by atoms with Crippen molar-refractivity contribution >= 4 is 38.8 Å². The van der Waals surface area contributed by atoms with Gasteiger partial charge in [0.1, 0.15) is 20.3 Å². The zero-order valence-corrected chi connectivity index (χ0v) is 17.9. The van der Waals surface area contributed by atoms with E-state index in [0.717, 1.165) is 21.6 Å². The average molecular weight is 430 g/mol. The normalized spacial score (nSPS) is 13.0. The van der Waals surface area contributed by atoms with Crippen LogP contribution in [0, 0.1) is 13.8 Å². The van der Waals surface area contributed by atoms with Gasteiger partial charge in [0.2, 0.25) is 0 Å². The fourth-order valence-corrected chi connectivity index (χ4v) is 5.60. The van der Waals surface area contributed by atoms with Crippen LogP contribution in [-0.2, 0) is 21.1 Å². The third kappa shape index (κ3) is 5.49. The second kappa shape index (κ2) is 8.97. The summed E-state index contributed by atoms with van der Waals surface area (Å²) in [6.07, 6.45) is 1.87. The number of hydrogen-bond donors (Lipinski definition) is 0. The maximum Gasteiger partial charge on any atom is 0.148 e. The largest absolute Gasteiger partial charge is 0.302 e. The molecular weight excluding hydrogens is 410 g/mol. The van der Waals surface area contributed by atoms with Gasteiger partial charge in [0.05, 0.1) is 4.90 Å². The van der Waals surface area contributed by atoms with E-state index < -0.39 is 21.1 Å². The van der Waals surface area contributed by atoms with Crippen LogP contribution < -0.4 is 0 Å². The molecular formula is C22H20ClNO2S2. The van der Waals surface area contributed by atoms with Crippen molar-refractivity contribution in [2.75, 3.05) is 0 Å². The van der Waals surface area contributed by atoms with Crippen LogP contribution in [0.5, 0.6) is 0 Å². The third-order valence-corrected chi connectivity index (χ3v) is 7.72. The molecule has 0 saturated carbocycles. The molecule has 6 heteroatoms. The number of halogens is 1. The quantitative estimate of drug-likeness (QED) is 0.432. The Kier molecular flexibility index (Phi) is 6.62. The van der Waals surface area contributed by atoms with E-state index in [1.165, 1.54) is 0 Å². The summed E-state index contributed by atoms with van der Waals surface area (Å²) in [4.78, 5) is 1.04. The lowest BCUT2D eigenvalue weighted by atomic mass is 10.2. The third-order valence-electron chi connectivity index (χ3n) is 4.02. The van der Waals surface area contributed by atoms with Gasteiger partial charge in [-0.1, -0.05) is 59.1 Å². The van der Waals surface area contributed by atoms with Gasteiger partial charge in [-0.2, -0.15) is 0 Å². The Morgan fingerprint density at radius 1 is 0.821 bits per heavy atom. The summed E-state index contributed by atoms with van der Waals surface area (Å²) in [6.45, 7) is 3.91. The highest BCUT2D eigenvalue weighted by atomic mass is 35.5. The lowest BCUT2D eigenvalue weighted by molar-refractivity contribution is 0.604. The number of rotatable bonds is 6. The van der Waals surface area contributed by atoms with E-state index in [0.29, 0.717) is 5.02 Å². The summed E-state index contributed by atoms with van der Waals surface area (Å²) in [5, 5.41) is 2.47. The van der Waals surface area contributed by atoms with Crippen molar-refractivity contribution < 1.29 is 8.42 Å². The van der Waals surface area contributed by atoms with Gasteiger partial charge in [0.15, 0.2) is 0 Å². The van der Waals surface area contributed by atoms with Crippen molar-refractivity contribution in [1.29, 1.82) is 0 Å². The minimum absolute atomic E-state index is 0.197. The van der Waals surface area contributed by atoms with Crippen molar-refractivity contribution in [3.05, 3.63) is 104 Å². The van der Waals surface area contributed by atoms with Crippen LogP contribution in [0.2, 0.25) is 5.02 Å². The molecule has 0 saturated heterocycles. The van der Waals surface area contributed by atoms with Crippen molar-refractivity contribution in [3.63, 3.8) is 0 Å². The second-order valence-corrected chi connectivity index (χ2v) is 10.2. The maximum absolute atomic E-state index is 12.8. The monoisotopic (exact) mass is 429 g/mol. The molecule has 0 fully saturated rings. The van der Waals surface area contributed by atoms with E-state index in [1.807, 2.05) is 61.7 Å². The first-order chi connectivity index (χ1) is 13.3. The molecule has 1 unspecified atom stereocenters. The van der Waals surface area contributed by atoms with Crippen LogP contribution >= 0.6 is 11.6 Å². The fourth-order valence-electron chi connectivity index (χ4n) is 2.40. The number of nitrogens with zero attached hydrogens (tertiary/aromatic N) is 1. The Bertz CT molecular complexity index is 1060. The smallest absolute Gasteiger partial charge is 0.148 e. The van der Waals surface area contributed by atoms with Gasteiger partial charge in [0, 0.05) is 5.02 Å². The van der Waals surface area contributed by atoms with Gasteiger partial charge in [0.25, 0.3) is 0 Å². The summed E-state index contributed by atoms with van der Waals surface area (Å²) in [7, 11) is -3.78. The van der Waals surface area contributed by atoms with Crippen LogP contribution in [-0.4, -0.2) is 8.42 Å². The second-order valence-electron chi connectivity index (χ2n) is 6.34. The highest BCUT2D eigenvalue weighted by Gasteiger charge is 2.17. The number of benzene rings is 3. The predicted octanol–water partition coefficient (Wildman–Crippen LogP) is 6.28. The molecule has 0 radical (unpaired) electrons.